The van der Waals surface area contributed by atoms with Gasteiger partial charge in [0.2, 0.25) is 11.8 Å². The molecule has 2 rings (SSSR count). The summed E-state index contributed by atoms with van der Waals surface area (Å²) in [5, 5.41) is 2.80. The Hall–Kier alpha value is -1.91. The number of nitrogens with zero attached hydrogens (tertiary/aromatic N) is 1. The summed E-state index contributed by atoms with van der Waals surface area (Å²) in [6.45, 7) is 3.27. The summed E-state index contributed by atoms with van der Waals surface area (Å²) in [5.41, 5.74) is 0.603. The number of hydrogen-bond acceptors (Lipinski definition) is 2. The number of hydrogen-bond donors (Lipinski definition) is 1. The van der Waals surface area contributed by atoms with Crippen molar-refractivity contribution in [3.8, 4) is 0 Å². The summed E-state index contributed by atoms with van der Waals surface area (Å²) in [6, 6.07) is 5.74. The predicted octanol–water partition coefficient (Wildman–Crippen LogP) is 2.80. The Morgan fingerprint density at radius 3 is 2.43 bits per heavy atom. The summed E-state index contributed by atoms with van der Waals surface area (Å²) in [7, 11) is 0. The minimum absolute atomic E-state index is 0.0517. The molecule has 0 aliphatic carbocycles. The van der Waals surface area contributed by atoms with Gasteiger partial charge in [0.15, 0.2) is 0 Å². The van der Waals surface area contributed by atoms with Crippen LogP contribution in [0.3, 0.4) is 0 Å². The van der Waals surface area contributed by atoms with E-state index in [1.807, 2.05) is 11.8 Å². The number of rotatable bonds is 4. The molecule has 114 valence electrons. The first kappa shape index (κ1) is 15.5. The van der Waals surface area contributed by atoms with Crippen LogP contribution in [-0.4, -0.2) is 29.8 Å². The van der Waals surface area contributed by atoms with Crippen molar-refractivity contribution in [3.63, 3.8) is 0 Å². The van der Waals surface area contributed by atoms with Crippen LogP contribution < -0.4 is 5.32 Å². The Balaban J connectivity index is 1.83. The molecule has 1 heterocycles. The SMILES string of the molecule is CCCC(=O)N1CCC(C(=O)Nc2ccc(F)cc2)CC1. The van der Waals surface area contributed by atoms with Gasteiger partial charge in [-0.15, -0.1) is 0 Å². The Labute approximate surface area is 124 Å². The zero-order valence-electron chi connectivity index (χ0n) is 12.3. The number of piperidine rings is 1. The molecule has 5 heteroatoms. The predicted molar refractivity (Wildman–Crippen MR) is 79.2 cm³/mol. The fourth-order valence-corrected chi connectivity index (χ4v) is 2.54. The van der Waals surface area contributed by atoms with Crippen molar-refractivity contribution < 1.29 is 14.0 Å². The number of amides is 2. The average Bonchev–Trinajstić information content (AvgIpc) is 2.50. The highest BCUT2D eigenvalue weighted by atomic mass is 19.1. The zero-order valence-corrected chi connectivity index (χ0v) is 12.3. The van der Waals surface area contributed by atoms with Crippen molar-refractivity contribution in [1.82, 2.24) is 4.90 Å². The molecular formula is C16H21FN2O2. The van der Waals surface area contributed by atoms with E-state index in [2.05, 4.69) is 5.32 Å². The monoisotopic (exact) mass is 292 g/mol. The van der Waals surface area contributed by atoms with Crippen LogP contribution in [0, 0.1) is 11.7 Å². The van der Waals surface area contributed by atoms with Crippen molar-refractivity contribution in [3.05, 3.63) is 30.1 Å². The highest BCUT2D eigenvalue weighted by Crippen LogP contribution is 2.20. The van der Waals surface area contributed by atoms with Crippen molar-refractivity contribution in [1.29, 1.82) is 0 Å². The Morgan fingerprint density at radius 1 is 1.24 bits per heavy atom. The second kappa shape index (κ2) is 7.20. The zero-order chi connectivity index (χ0) is 15.2. The van der Waals surface area contributed by atoms with Crippen LogP contribution in [0.15, 0.2) is 24.3 Å². The van der Waals surface area contributed by atoms with Gasteiger partial charge >= 0.3 is 0 Å². The van der Waals surface area contributed by atoms with Gasteiger partial charge in [-0.25, -0.2) is 4.39 Å². The molecule has 1 aromatic carbocycles. The third-order valence-electron chi connectivity index (χ3n) is 3.79. The molecule has 0 spiro atoms. The molecule has 1 aliphatic rings. The topological polar surface area (TPSA) is 49.4 Å². The summed E-state index contributed by atoms with van der Waals surface area (Å²) in [4.78, 5) is 25.8. The Bertz CT molecular complexity index is 494. The van der Waals surface area contributed by atoms with Gasteiger partial charge in [-0.1, -0.05) is 6.92 Å². The van der Waals surface area contributed by atoms with Gasteiger partial charge in [0, 0.05) is 31.1 Å². The van der Waals surface area contributed by atoms with Crippen LogP contribution in [-0.2, 0) is 9.59 Å². The van der Waals surface area contributed by atoms with Gasteiger partial charge in [0.1, 0.15) is 5.82 Å². The van der Waals surface area contributed by atoms with E-state index in [1.165, 1.54) is 12.1 Å². The van der Waals surface area contributed by atoms with Crippen molar-refractivity contribution in [2.45, 2.75) is 32.6 Å². The van der Waals surface area contributed by atoms with Crippen LogP contribution in [0.4, 0.5) is 10.1 Å². The molecule has 1 saturated heterocycles. The highest BCUT2D eigenvalue weighted by Gasteiger charge is 2.26. The van der Waals surface area contributed by atoms with E-state index in [0.717, 1.165) is 6.42 Å². The molecule has 0 unspecified atom stereocenters. The maximum atomic E-state index is 12.8. The van der Waals surface area contributed by atoms with E-state index in [1.54, 1.807) is 12.1 Å². The van der Waals surface area contributed by atoms with Crippen molar-refractivity contribution >= 4 is 17.5 Å². The molecule has 21 heavy (non-hydrogen) atoms. The fourth-order valence-electron chi connectivity index (χ4n) is 2.54. The number of benzene rings is 1. The Morgan fingerprint density at radius 2 is 1.86 bits per heavy atom. The van der Waals surface area contributed by atoms with Crippen LogP contribution in [0.25, 0.3) is 0 Å². The summed E-state index contributed by atoms with van der Waals surface area (Å²) in [6.07, 6.45) is 2.79. The smallest absolute Gasteiger partial charge is 0.227 e. The second-order valence-electron chi connectivity index (χ2n) is 5.40. The van der Waals surface area contributed by atoms with Gasteiger partial charge < -0.3 is 10.2 Å². The lowest BCUT2D eigenvalue weighted by Crippen LogP contribution is -2.41. The molecule has 0 aromatic heterocycles. The molecule has 1 N–H and O–H groups in total. The lowest BCUT2D eigenvalue weighted by Gasteiger charge is -2.31. The van der Waals surface area contributed by atoms with E-state index in [9.17, 15) is 14.0 Å². The molecular weight excluding hydrogens is 271 g/mol. The van der Waals surface area contributed by atoms with E-state index >= 15 is 0 Å². The van der Waals surface area contributed by atoms with Crippen LogP contribution in [0.2, 0.25) is 0 Å². The van der Waals surface area contributed by atoms with Gasteiger partial charge in [0.05, 0.1) is 0 Å². The fraction of sp³-hybridized carbons (Fsp3) is 0.500. The van der Waals surface area contributed by atoms with E-state index < -0.39 is 0 Å². The molecule has 1 aliphatic heterocycles. The Kier molecular flexibility index (Phi) is 5.31. The number of carbonyl (C=O) groups excluding carboxylic acids is 2. The lowest BCUT2D eigenvalue weighted by molar-refractivity contribution is -0.134. The molecule has 2 amide bonds. The van der Waals surface area contributed by atoms with E-state index in [0.29, 0.717) is 38.0 Å². The minimum Gasteiger partial charge on any atom is -0.343 e. The maximum Gasteiger partial charge on any atom is 0.227 e. The number of halogens is 1. The van der Waals surface area contributed by atoms with Gasteiger partial charge in [-0.3, -0.25) is 9.59 Å². The molecule has 0 bridgehead atoms. The summed E-state index contributed by atoms with van der Waals surface area (Å²) < 4.78 is 12.8. The van der Waals surface area contributed by atoms with Gasteiger partial charge in [-0.05, 0) is 43.5 Å². The maximum absolute atomic E-state index is 12.8. The lowest BCUT2D eigenvalue weighted by atomic mass is 9.95. The first-order valence-corrected chi connectivity index (χ1v) is 7.44. The summed E-state index contributed by atoms with van der Waals surface area (Å²) >= 11 is 0. The molecule has 0 saturated carbocycles. The first-order chi connectivity index (χ1) is 10.1. The molecule has 4 nitrogen and oxygen atoms in total. The highest BCUT2D eigenvalue weighted by molar-refractivity contribution is 5.92. The number of anilines is 1. The third kappa shape index (κ3) is 4.28. The molecule has 0 atom stereocenters. The number of carbonyl (C=O) groups is 2. The standard InChI is InChI=1S/C16H21FN2O2/c1-2-3-15(20)19-10-8-12(9-11-19)16(21)18-14-6-4-13(17)5-7-14/h4-7,12H,2-3,8-11H2,1H3,(H,18,21). The second-order valence-corrected chi connectivity index (χ2v) is 5.40. The number of likely N-dealkylation sites (tertiary alicyclic amines) is 1. The van der Waals surface area contributed by atoms with Crippen LogP contribution >= 0.6 is 0 Å². The van der Waals surface area contributed by atoms with E-state index in [4.69, 9.17) is 0 Å². The number of nitrogens with one attached hydrogen (secondary N) is 1. The average molecular weight is 292 g/mol. The van der Waals surface area contributed by atoms with Crippen LogP contribution in [0.1, 0.15) is 32.6 Å². The third-order valence-corrected chi connectivity index (χ3v) is 3.79. The van der Waals surface area contributed by atoms with Gasteiger partial charge in [0.25, 0.3) is 0 Å². The molecule has 1 aromatic rings. The van der Waals surface area contributed by atoms with E-state index in [-0.39, 0.29) is 23.5 Å². The minimum atomic E-state index is -0.323. The molecule has 0 radical (unpaired) electrons. The summed E-state index contributed by atoms with van der Waals surface area (Å²) in [5.74, 6) is -0.282. The first-order valence-electron chi connectivity index (χ1n) is 7.44. The molecule has 1 fully saturated rings. The van der Waals surface area contributed by atoms with Gasteiger partial charge in [-0.2, -0.15) is 0 Å². The van der Waals surface area contributed by atoms with Crippen molar-refractivity contribution in [2.75, 3.05) is 18.4 Å². The largest absolute Gasteiger partial charge is 0.343 e. The van der Waals surface area contributed by atoms with Crippen molar-refractivity contribution in [2.24, 2.45) is 5.92 Å². The quantitative estimate of drug-likeness (QED) is 0.927. The van der Waals surface area contributed by atoms with Crippen LogP contribution in [0.5, 0.6) is 0 Å². The normalized spacial score (nSPS) is 15.8.